The average Bonchev–Trinajstić information content (AvgIpc) is 2.45. The number of hydrogen-bond donors (Lipinski definition) is 2. The minimum Gasteiger partial charge on any atom is -0.491 e. The number of nitrogens with zero attached hydrogens (tertiary/aromatic N) is 1. The maximum Gasteiger partial charge on any atom is 0.224 e. The van der Waals surface area contributed by atoms with Gasteiger partial charge in [-0.15, -0.1) is 0 Å². The molecule has 118 valence electrons. The average molecular weight is 297 g/mol. The zero-order chi connectivity index (χ0) is 15.8. The third-order valence-electron chi connectivity index (χ3n) is 3.17. The van der Waals surface area contributed by atoms with Gasteiger partial charge in [0.2, 0.25) is 5.91 Å². The van der Waals surface area contributed by atoms with E-state index in [2.05, 4.69) is 5.32 Å². The number of carbonyl (C=O) groups is 1. The fourth-order valence-corrected chi connectivity index (χ4v) is 2.03. The lowest BCUT2D eigenvalue weighted by Gasteiger charge is -2.19. The number of benzene rings is 1. The molecule has 0 aliphatic carbocycles. The second-order valence-corrected chi connectivity index (χ2v) is 4.55. The predicted molar refractivity (Wildman–Crippen MR) is 83.0 cm³/mol. The van der Waals surface area contributed by atoms with Gasteiger partial charge >= 0.3 is 0 Å². The number of carbonyl (C=O) groups excluding carboxylic acids is 1. The van der Waals surface area contributed by atoms with E-state index >= 15 is 0 Å². The topological polar surface area (TPSA) is 67.6 Å². The van der Waals surface area contributed by atoms with Gasteiger partial charge in [0, 0.05) is 38.2 Å². The predicted octanol–water partition coefficient (Wildman–Crippen LogP) is 2.48. The Hall–Kier alpha value is -1.98. The summed E-state index contributed by atoms with van der Waals surface area (Å²) < 4.78 is 18.8. The molecule has 21 heavy (non-hydrogen) atoms. The fraction of sp³-hybridized carbons (Fsp3) is 0.533. The van der Waals surface area contributed by atoms with E-state index in [1.807, 2.05) is 13.8 Å². The van der Waals surface area contributed by atoms with E-state index < -0.39 is 5.82 Å². The van der Waals surface area contributed by atoms with Crippen LogP contribution >= 0.6 is 0 Å². The number of halogens is 1. The number of rotatable bonds is 8. The van der Waals surface area contributed by atoms with E-state index in [1.54, 1.807) is 11.8 Å². The Balaban J connectivity index is 2.63. The summed E-state index contributed by atoms with van der Waals surface area (Å²) in [6.45, 7) is 7.89. The van der Waals surface area contributed by atoms with Crippen LogP contribution in [0.2, 0.25) is 0 Å². The summed E-state index contributed by atoms with van der Waals surface area (Å²) >= 11 is 0. The molecule has 0 radical (unpaired) electrons. The second-order valence-electron chi connectivity index (χ2n) is 4.55. The van der Waals surface area contributed by atoms with Gasteiger partial charge < -0.3 is 20.7 Å². The van der Waals surface area contributed by atoms with Gasteiger partial charge in [-0.2, -0.15) is 0 Å². The highest BCUT2D eigenvalue weighted by Gasteiger charge is 2.11. The van der Waals surface area contributed by atoms with Crippen molar-refractivity contribution in [1.29, 1.82) is 0 Å². The number of nitrogens with two attached hydrogens (primary N) is 1. The molecule has 0 saturated heterocycles. The molecule has 6 heteroatoms. The molecule has 0 heterocycles. The number of nitrogens with one attached hydrogen (secondary N) is 1. The Bertz CT molecular complexity index is 476. The van der Waals surface area contributed by atoms with Crippen LogP contribution in [0.3, 0.4) is 0 Å². The van der Waals surface area contributed by atoms with E-state index in [4.69, 9.17) is 10.5 Å². The Morgan fingerprint density at radius 2 is 2.00 bits per heavy atom. The Kier molecular flexibility index (Phi) is 6.78. The molecule has 3 N–H and O–H groups in total. The van der Waals surface area contributed by atoms with E-state index in [-0.39, 0.29) is 11.7 Å². The molecule has 0 fully saturated rings. The third kappa shape index (κ3) is 4.81. The third-order valence-corrected chi connectivity index (χ3v) is 3.17. The molecule has 0 spiro atoms. The number of amides is 1. The lowest BCUT2D eigenvalue weighted by atomic mass is 10.2. The first-order valence-electron chi connectivity index (χ1n) is 7.26. The van der Waals surface area contributed by atoms with Gasteiger partial charge in [-0.05, 0) is 20.8 Å². The number of ether oxygens (including phenoxy) is 1. The van der Waals surface area contributed by atoms with Gasteiger partial charge in [-0.25, -0.2) is 4.39 Å². The van der Waals surface area contributed by atoms with Crippen molar-refractivity contribution < 1.29 is 13.9 Å². The number of hydrogen-bond acceptors (Lipinski definition) is 4. The molecule has 0 aromatic heterocycles. The van der Waals surface area contributed by atoms with Crippen LogP contribution in [0.25, 0.3) is 0 Å². The molecule has 0 unspecified atom stereocenters. The van der Waals surface area contributed by atoms with Crippen LogP contribution in [0.15, 0.2) is 12.1 Å². The summed E-state index contributed by atoms with van der Waals surface area (Å²) in [7, 11) is 0. The van der Waals surface area contributed by atoms with Gasteiger partial charge in [-0.3, -0.25) is 4.79 Å². The quantitative estimate of drug-likeness (QED) is 0.723. The first-order valence-corrected chi connectivity index (χ1v) is 7.26. The van der Waals surface area contributed by atoms with Crippen LogP contribution in [0, 0.1) is 5.82 Å². The number of nitrogen functional groups attached to an aromatic ring is 1. The SMILES string of the molecule is CCOc1cc(NCCC(=O)N(CC)CC)c(N)cc1F. The largest absolute Gasteiger partial charge is 0.491 e. The van der Waals surface area contributed by atoms with Crippen molar-refractivity contribution in [2.24, 2.45) is 0 Å². The van der Waals surface area contributed by atoms with E-state index in [1.165, 1.54) is 12.1 Å². The standard InChI is InChI=1S/C15H24FN3O2/c1-4-19(5-2)15(20)7-8-18-13-10-14(21-6-3)11(16)9-12(13)17/h9-10,18H,4-8,17H2,1-3H3. The van der Waals surface area contributed by atoms with Crippen LogP contribution in [0.5, 0.6) is 5.75 Å². The fourth-order valence-electron chi connectivity index (χ4n) is 2.03. The summed E-state index contributed by atoms with van der Waals surface area (Å²) in [4.78, 5) is 13.6. The minimum atomic E-state index is -0.487. The monoisotopic (exact) mass is 297 g/mol. The maximum atomic E-state index is 13.6. The molecule has 0 atom stereocenters. The van der Waals surface area contributed by atoms with Gasteiger partial charge in [-0.1, -0.05) is 0 Å². The normalized spacial score (nSPS) is 10.3. The van der Waals surface area contributed by atoms with Crippen molar-refractivity contribution in [3.05, 3.63) is 17.9 Å². The van der Waals surface area contributed by atoms with E-state index in [0.29, 0.717) is 44.0 Å². The Labute approximate surface area is 125 Å². The molecule has 0 saturated carbocycles. The first-order chi connectivity index (χ1) is 10.0. The molecule has 5 nitrogen and oxygen atoms in total. The van der Waals surface area contributed by atoms with Crippen molar-refractivity contribution in [3.8, 4) is 5.75 Å². The van der Waals surface area contributed by atoms with Crippen molar-refractivity contribution in [2.75, 3.05) is 37.3 Å². The summed E-state index contributed by atoms with van der Waals surface area (Å²) in [5, 5.41) is 3.05. The Morgan fingerprint density at radius 1 is 1.33 bits per heavy atom. The van der Waals surface area contributed by atoms with Gasteiger partial charge in [0.1, 0.15) is 0 Å². The molecule has 1 rings (SSSR count). The van der Waals surface area contributed by atoms with Gasteiger partial charge in [0.25, 0.3) is 0 Å². The van der Waals surface area contributed by atoms with Crippen LogP contribution in [-0.4, -0.2) is 37.0 Å². The number of anilines is 2. The van der Waals surface area contributed by atoms with Crippen molar-refractivity contribution in [2.45, 2.75) is 27.2 Å². The van der Waals surface area contributed by atoms with Crippen LogP contribution < -0.4 is 15.8 Å². The highest BCUT2D eigenvalue weighted by Crippen LogP contribution is 2.28. The lowest BCUT2D eigenvalue weighted by Crippen LogP contribution is -2.31. The summed E-state index contributed by atoms with van der Waals surface area (Å²) in [5.41, 5.74) is 6.64. The molecule has 0 aliphatic heterocycles. The highest BCUT2D eigenvalue weighted by molar-refractivity contribution is 5.77. The summed E-state index contributed by atoms with van der Waals surface area (Å²) in [5.74, 6) is -0.249. The molecular formula is C15H24FN3O2. The Morgan fingerprint density at radius 3 is 2.57 bits per heavy atom. The molecule has 1 aromatic rings. The minimum absolute atomic E-state index is 0.0817. The zero-order valence-corrected chi connectivity index (χ0v) is 12.9. The molecule has 1 aromatic carbocycles. The van der Waals surface area contributed by atoms with Crippen LogP contribution in [0.1, 0.15) is 27.2 Å². The second kappa shape index (κ2) is 8.34. The van der Waals surface area contributed by atoms with Crippen molar-refractivity contribution in [1.82, 2.24) is 4.90 Å². The van der Waals surface area contributed by atoms with Gasteiger partial charge in [0.05, 0.1) is 18.0 Å². The van der Waals surface area contributed by atoms with E-state index in [0.717, 1.165) is 0 Å². The lowest BCUT2D eigenvalue weighted by molar-refractivity contribution is -0.130. The smallest absolute Gasteiger partial charge is 0.224 e. The van der Waals surface area contributed by atoms with Gasteiger partial charge in [0.15, 0.2) is 11.6 Å². The molecule has 1 amide bonds. The van der Waals surface area contributed by atoms with Crippen LogP contribution in [0.4, 0.5) is 15.8 Å². The first kappa shape index (κ1) is 17.1. The maximum absolute atomic E-state index is 13.6. The molecular weight excluding hydrogens is 273 g/mol. The summed E-state index contributed by atoms with van der Waals surface area (Å²) in [6, 6.07) is 2.75. The summed E-state index contributed by atoms with van der Waals surface area (Å²) in [6.07, 6.45) is 0.364. The zero-order valence-electron chi connectivity index (χ0n) is 12.9. The van der Waals surface area contributed by atoms with Crippen LogP contribution in [-0.2, 0) is 4.79 Å². The molecule has 0 bridgehead atoms. The highest BCUT2D eigenvalue weighted by atomic mass is 19.1. The van der Waals surface area contributed by atoms with Crippen molar-refractivity contribution in [3.63, 3.8) is 0 Å². The van der Waals surface area contributed by atoms with Crippen molar-refractivity contribution >= 4 is 17.3 Å². The van der Waals surface area contributed by atoms with E-state index in [9.17, 15) is 9.18 Å². The molecule has 0 aliphatic rings.